The lowest BCUT2D eigenvalue weighted by Crippen LogP contribution is -2.57. The van der Waals surface area contributed by atoms with Crippen molar-refractivity contribution < 1.29 is 9.59 Å². The van der Waals surface area contributed by atoms with Gasteiger partial charge < -0.3 is 10.6 Å². The minimum atomic E-state index is -0.347. The Balaban J connectivity index is 2.30. The summed E-state index contributed by atoms with van der Waals surface area (Å²) in [6.45, 7) is 2.41. The van der Waals surface area contributed by atoms with Gasteiger partial charge in [0.05, 0.1) is 6.54 Å². The number of anilines is 1. The van der Waals surface area contributed by atoms with Crippen molar-refractivity contribution in [3.63, 3.8) is 0 Å². The maximum Gasteiger partial charge on any atom is 0.249 e. The molecule has 1 fully saturated rings. The molecule has 1 saturated heterocycles. The second-order valence-electron chi connectivity index (χ2n) is 4.09. The number of nitrogens with two attached hydrogens (primary N) is 1. The predicted octanol–water partition coefficient (Wildman–Crippen LogP) is -0.00340. The summed E-state index contributed by atoms with van der Waals surface area (Å²) in [5.74, 6) is -0.536. The maximum absolute atomic E-state index is 11.5. The lowest BCUT2D eigenvalue weighted by Gasteiger charge is -2.33. The van der Waals surface area contributed by atoms with Crippen molar-refractivity contribution in [1.29, 1.82) is 0 Å². The van der Waals surface area contributed by atoms with E-state index in [1.54, 1.807) is 11.8 Å². The van der Waals surface area contributed by atoms with Crippen LogP contribution in [0.25, 0.3) is 0 Å². The molecule has 1 aliphatic rings. The van der Waals surface area contributed by atoms with Crippen LogP contribution >= 0.6 is 0 Å². The van der Waals surface area contributed by atoms with Crippen LogP contribution in [-0.2, 0) is 16.1 Å². The first kappa shape index (κ1) is 11.6. The molecule has 0 saturated carbocycles. The zero-order chi connectivity index (χ0) is 12.4. The van der Waals surface area contributed by atoms with E-state index < -0.39 is 0 Å². The second kappa shape index (κ2) is 4.55. The maximum atomic E-state index is 11.5. The molecule has 0 bridgehead atoms. The third kappa shape index (κ3) is 2.29. The Morgan fingerprint density at radius 3 is 2.94 bits per heavy atom. The average Bonchev–Trinajstić information content (AvgIpc) is 2.34. The molecule has 1 aromatic rings. The van der Waals surface area contributed by atoms with Gasteiger partial charge in [-0.25, -0.2) is 0 Å². The van der Waals surface area contributed by atoms with E-state index in [0.29, 0.717) is 6.54 Å². The van der Waals surface area contributed by atoms with Crippen molar-refractivity contribution in [1.82, 2.24) is 5.32 Å². The quantitative estimate of drug-likeness (QED) is 0.705. The van der Waals surface area contributed by atoms with Gasteiger partial charge in [-0.2, -0.15) is 0 Å². The van der Waals surface area contributed by atoms with Gasteiger partial charge in [0, 0.05) is 12.2 Å². The number of carbonyl (C=O) groups is 2. The summed E-state index contributed by atoms with van der Waals surface area (Å²) >= 11 is 0. The molecule has 5 nitrogen and oxygen atoms in total. The molecule has 1 unspecified atom stereocenters. The summed E-state index contributed by atoms with van der Waals surface area (Å²) < 4.78 is 0. The molecule has 1 heterocycles. The molecular formula is C12H15N3O2. The van der Waals surface area contributed by atoms with Crippen molar-refractivity contribution in [2.75, 3.05) is 11.4 Å². The Morgan fingerprint density at radius 2 is 2.24 bits per heavy atom. The van der Waals surface area contributed by atoms with E-state index >= 15 is 0 Å². The van der Waals surface area contributed by atoms with E-state index in [-0.39, 0.29) is 24.4 Å². The fourth-order valence-corrected chi connectivity index (χ4v) is 1.89. The minimum Gasteiger partial charge on any atom is -0.350 e. The van der Waals surface area contributed by atoms with Crippen molar-refractivity contribution in [3.8, 4) is 0 Å². The van der Waals surface area contributed by atoms with Crippen molar-refractivity contribution >= 4 is 17.5 Å². The van der Waals surface area contributed by atoms with E-state index in [4.69, 9.17) is 5.73 Å². The molecule has 17 heavy (non-hydrogen) atoms. The summed E-state index contributed by atoms with van der Waals surface area (Å²) in [6.07, 6.45) is 0. The van der Waals surface area contributed by atoms with Crippen LogP contribution < -0.4 is 16.0 Å². The highest BCUT2D eigenvalue weighted by atomic mass is 16.2. The normalized spacial score (nSPS) is 20.4. The molecule has 5 heteroatoms. The number of nitrogens with one attached hydrogen (secondary N) is 1. The Hall–Kier alpha value is -1.88. The summed E-state index contributed by atoms with van der Waals surface area (Å²) in [5, 5.41) is 2.31. The zero-order valence-corrected chi connectivity index (χ0v) is 9.64. The molecule has 2 rings (SSSR count). The molecule has 1 atom stereocenters. The van der Waals surface area contributed by atoms with E-state index in [0.717, 1.165) is 11.3 Å². The number of hydrogen-bond acceptors (Lipinski definition) is 4. The van der Waals surface area contributed by atoms with Gasteiger partial charge in [-0.1, -0.05) is 12.1 Å². The third-order valence-electron chi connectivity index (χ3n) is 2.90. The van der Waals surface area contributed by atoms with Crippen LogP contribution in [0.4, 0.5) is 5.69 Å². The van der Waals surface area contributed by atoms with Gasteiger partial charge in [-0.05, 0) is 24.6 Å². The van der Waals surface area contributed by atoms with Crippen LogP contribution in [0.5, 0.6) is 0 Å². The second-order valence-corrected chi connectivity index (χ2v) is 4.09. The van der Waals surface area contributed by atoms with Crippen molar-refractivity contribution in [2.24, 2.45) is 5.73 Å². The van der Waals surface area contributed by atoms with E-state index in [1.165, 1.54) is 0 Å². The van der Waals surface area contributed by atoms with Crippen LogP contribution in [0.1, 0.15) is 12.5 Å². The van der Waals surface area contributed by atoms with Gasteiger partial charge in [0.15, 0.2) is 0 Å². The zero-order valence-electron chi connectivity index (χ0n) is 9.64. The monoisotopic (exact) mass is 233 g/mol. The first-order valence-corrected chi connectivity index (χ1v) is 5.51. The lowest BCUT2D eigenvalue weighted by molar-refractivity contribution is -0.132. The van der Waals surface area contributed by atoms with Crippen LogP contribution in [0.15, 0.2) is 24.3 Å². The summed E-state index contributed by atoms with van der Waals surface area (Å²) in [4.78, 5) is 24.7. The Morgan fingerprint density at radius 1 is 1.47 bits per heavy atom. The molecule has 0 radical (unpaired) electrons. The number of carbonyl (C=O) groups excluding carboxylic acids is 2. The van der Waals surface area contributed by atoms with Gasteiger partial charge in [-0.3, -0.25) is 14.9 Å². The molecule has 90 valence electrons. The fourth-order valence-electron chi connectivity index (χ4n) is 1.89. The molecule has 3 N–H and O–H groups in total. The summed E-state index contributed by atoms with van der Waals surface area (Å²) in [7, 11) is 0. The number of imide groups is 1. The molecule has 0 aromatic heterocycles. The lowest BCUT2D eigenvalue weighted by atomic mass is 10.1. The van der Waals surface area contributed by atoms with Gasteiger partial charge in [-0.15, -0.1) is 0 Å². The van der Waals surface area contributed by atoms with E-state index in [9.17, 15) is 9.59 Å². The fraction of sp³-hybridized carbons (Fsp3) is 0.333. The SMILES string of the molecule is CC1C(=O)NC(=O)CN1c1cccc(CN)c1. The molecule has 1 aromatic carbocycles. The van der Waals surface area contributed by atoms with Crippen molar-refractivity contribution in [3.05, 3.63) is 29.8 Å². The standard InChI is InChI=1S/C12H15N3O2/c1-8-12(17)14-11(16)7-15(8)10-4-2-3-9(5-10)6-13/h2-5,8H,6-7,13H2,1H3,(H,14,16,17). The average molecular weight is 233 g/mol. The highest BCUT2D eigenvalue weighted by Crippen LogP contribution is 2.20. The first-order valence-electron chi connectivity index (χ1n) is 5.51. The highest BCUT2D eigenvalue weighted by Gasteiger charge is 2.30. The number of piperazine rings is 1. The van der Waals surface area contributed by atoms with Crippen LogP contribution in [0, 0.1) is 0 Å². The van der Waals surface area contributed by atoms with Crippen LogP contribution in [-0.4, -0.2) is 24.4 Å². The molecular weight excluding hydrogens is 218 g/mol. The Labute approximate surface area is 99.6 Å². The molecule has 2 amide bonds. The number of amides is 2. The van der Waals surface area contributed by atoms with Crippen LogP contribution in [0.3, 0.4) is 0 Å². The summed E-state index contributed by atoms with van der Waals surface area (Å²) in [6, 6.07) is 7.23. The third-order valence-corrected chi connectivity index (χ3v) is 2.90. The topological polar surface area (TPSA) is 75.4 Å². The highest BCUT2D eigenvalue weighted by molar-refractivity contribution is 6.04. The smallest absolute Gasteiger partial charge is 0.249 e. The number of benzene rings is 1. The minimum absolute atomic E-state index is 0.195. The van der Waals surface area contributed by atoms with Gasteiger partial charge in [0.1, 0.15) is 6.04 Å². The predicted molar refractivity (Wildman–Crippen MR) is 64.3 cm³/mol. The van der Waals surface area contributed by atoms with Gasteiger partial charge in [0.25, 0.3) is 0 Å². The van der Waals surface area contributed by atoms with Gasteiger partial charge in [0.2, 0.25) is 11.8 Å². The van der Waals surface area contributed by atoms with Crippen molar-refractivity contribution in [2.45, 2.75) is 19.5 Å². The number of nitrogens with zero attached hydrogens (tertiary/aromatic N) is 1. The molecule has 0 spiro atoms. The summed E-state index contributed by atoms with van der Waals surface area (Å²) in [5.41, 5.74) is 7.40. The number of hydrogen-bond donors (Lipinski definition) is 2. The largest absolute Gasteiger partial charge is 0.350 e. The molecule has 0 aliphatic carbocycles. The Bertz CT molecular complexity index is 459. The molecule has 1 aliphatic heterocycles. The van der Waals surface area contributed by atoms with E-state index in [1.807, 2.05) is 24.3 Å². The van der Waals surface area contributed by atoms with Crippen LogP contribution in [0.2, 0.25) is 0 Å². The van der Waals surface area contributed by atoms with E-state index in [2.05, 4.69) is 5.32 Å². The number of rotatable bonds is 2. The first-order chi connectivity index (χ1) is 8.11. The van der Waals surface area contributed by atoms with Gasteiger partial charge >= 0.3 is 0 Å². The Kier molecular flexibility index (Phi) is 3.10.